The molecule has 7 nitrogen and oxygen atoms in total. The monoisotopic (exact) mass is 237 g/mol. The highest BCUT2D eigenvalue weighted by atomic mass is 16.5. The molecule has 0 unspecified atom stereocenters. The minimum atomic E-state index is -1.22. The van der Waals surface area contributed by atoms with Crippen LogP contribution in [-0.2, 0) is 14.3 Å². The Bertz CT molecular complexity index is 472. The highest BCUT2D eigenvalue weighted by Gasteiger charge is 2.22. The van der Waals surface area contributed by atoms with Crippen molar-refractivity contribution in [3.05, 3.63) is 29.8 Å². The Morgan fingerprint density at radius 3 is 2.35 bits per heavy atom. The number of nitrogens with two attached hydrogens (primary N) is 2. The molecule has 0 spiro atoms. The van der Waals surface area contributed by atoms with Gasteiger partial charge in [-0.1, -0.05) is 12.1 Å². The number of amides is 2. The van der Waals surface area contributed by atoms with E-state index in [1.165, 1.54) is 19.2 Å². The predicted octanol–water partition coefficient (Wildman–Crippen LogP) is -0.835. The molecule has 2 amide bonds. The molecule has 0 atom stereocenters. The lowest BCUT2D eigenvalue weighted by atomic mass is 10.1. The fraction of sp³-hybridized carbons (Fsp3) is 0.100. The molecule has 0 aliphatic rings. The van der Waals surface area contributed by atoms with Gasteiger partial charge in [-0.2, -0.15) is 0 Å². The molecule has 0 saturated carbocycles. The van der Waals surface area contributed by atoms with Gasteiger partial charge in [0.1, 0.15) is 0 Å². The van der Waals surface area contributed by atoms with Crippen molar-refractivity contribution in [1.29, 1.82) is 0 Å². The van der Waals surface area contributed by atoms with Crippen molar-refractivity contribution in [1.82, 2.24) is 0 Å². The average Bonchev–Trinajstić information content (AvgIpc) is 2.35. The third-order valence-corrected chi connectivity index (χ3v) is 2.00. The lowest BCUT2D eigenvalue weighted by Crippen LogP contribution is -2.45. The summed E-state index contributed by atoms with van der Waals surface area (Å²) >= 11 is 0. The summed E-state index contributed by atoms with van der Waals surface area (Å²) in [6, 6.07) is 5.93. The fourth-order valence-corrected chi connectivity index (χ4v) is 1.19. The minimum Gasteiger partial charge on any atom is -0.465 e. The number of ether oxygens (including phenoxy) is 1. The van der Waals surface area contributed by atoms with Gasteiger partial charge in [-0.05, 0) is 12.1 Å². The Balaban J connectivity index is 3.18. The van der Waals surface area contributed by atoms with Crippen LogP contribution in [0.5, 0.6) is 0 Å². The number of para-hydroxylation sites is 1. The van der Waals surface area contributed by atoms with E-state index in [4.69, 9.17) is 11.6 Å². The van der Waals surface area contributed by atoms with E-state index in [1.807, 2.05) is 0 Å². The number of carbonyl (C=O) groups is 3. The van der Waals surface area contributed by atoms with Crippen LogP contribution in [0.2, 0.25) is 0 Å². The molecule has 7 heteroatoms. The molecule has 0 aliphatic heterocycles. The summed E-state index contributed by atoms with van der Waals surface area (Å²) < 4.78 is 4.52. The van der Waals surface area contributed by atoms with Crippen LogP contribution in [0.15, 0.2) is 24.3 Å². The lowest BCUT2D eigenvalue weighted by Gasteiger charge is -2.17. The summed E-state index contributed by atoms with van der Waals surface area (Å²) in [5.74, 6) is 2.40. The van der Waals surface area contributed by atoms with Crippen molar-refractivity contribution in [2.24, 2.45) is 11.6 Å². The molecule has 0 fully saturated rings. The van der Waals surface area contributed by atoms with Crippen molar-refractivity contribution in [2.45, 2.75) is 0 Å². The number of primary amides is 1. The van der Waals surface area contributed by atoms with E-state index >= 15 is 0 Å². The maximum atomic E-state index is 11.4. The molecule has 0 heterocycles. The molecule has 0 aromatic heterocycles. The number of nitrogens with zero attached hydrogens (tertiary/aromatic N) is 1. The second-order valence-electron chi connectivity index (χ2n) is 3.05. The predicted molar refractivity (Wildman–Crippen MR) is 58.6 cm³/mol. The van der Waals surface area contributed by atoms with E-state index in [9.17, 15) is 14.4 Å². The topological polar surface area (TPSA) is 116 Å². The highest BCUT2D eigenvalue weighted by Crippen LogP contribution is 2.18. The third kappa shape index (κ3) is 2.58. The van der Waals surface area contributed by atoms with Crippen LogP contribution < -0.4 is 16.6 Å². The van der Waals surface area contributed by atoms with Crippen LogP contribution in [0.1, 0.15) is 10.4 Å². The van der Waals surface area contributed by atoms with Gasteiger partial charge >= 0.3 is 17.8 Å². The van der Waals surface area contributed by atoms with Gasteiger partial charge in [0.15, 0.2) is 0 Å². The van der Waals surface area contributed by atoms with Crippen LogP contribution >= 0.6 is 0 Å². The van der Waals surface area contributed by atoms with E-state index < -0.39 is 17.8 Å². The molecule has 1 aromatic rings. The van der Waals surface area contributed by atoms with E-state index in [2.05, 4.69) is 4.74 Å². The summed E-state index contributed by atoms with van der Waals surface area (Å²) in [5, 5.41) is 0.509. The summed E-state index contributed by atoms with van der Waals surface area (Å²) in [5.41, 5.74) is 4.91. The quantitative estimate of drug-likeness (QED) is 0.229. The fourth-order valence-electron chi connectivity index (χ4n) is 1.19. The maximum Gasteiger partial charge on any atom is 0.340 e. The number of rotatable bonds is 2. The van der Waals surface area contributed by atoms with Crippen LogP contribution in [-0.4, -0.2) is 24.9 Å². The zero-order valence-electron chi connectivity index (χ0n) is 9.04. The van der Waals surface area contributed by atoms with Gasteiger partial charge in [0.2, 0.25) is 0 Å². The number of hydrazine groups is 1. The first-order valence-electron chi connectivity index (χ1n) is 4.55. The van der Waals surface area contributed by atoms with E-state index in [0.29, 0.717) is 5.01 Å². The highest BCUT2D eigenvalue weighted by molar-refractivity contribution is 6.39. The van der Waals surface area contributed by atoms with Gasteiger partial charge in [-0.25, -0.2) is 15.6 Å². The normalized spacial score (nSPS) is 9.53. The van der Waals surface area contributed by atoms with Crippen molar-refractivity contribution >= 4 is 23.5 Å². The smallest absolute Gasteiger partial charge is 0.340 e. The van der Waals surface area contributed by atoms with E-state index in [1.54, 1.807) is 12.1 Å². The minimum absolute atomic E-state index is 0.0446. The number of carbonyl (C=O) groups excluding carboxylic acids is 3. The maximum absolute atomic E-state index is 11.4. The summed E-state index contributed by atoms with van der Waals surface area (Å²) in [4.78, 5) is 33.4. The Hall–Kier alpha value is -2.41. The number of hydrogen-bond donors (Lipinski definition) is 2. The second-order valence-corrected chi connectivity index (χ2v) is 3.05. The van der Waals surface area contributed by atoms with Crippen LogP contribution in [0, 0.1) is 0 Å². The summed E-state index contributed by atoms with van der Waals surface area (Å²) in [7, 11) is 1.19. The molecule has 90 valence electrons. The molecule has 0 radical (unpaired) electrons. The summed E-state index contributed by atoms with van der Waals surface area (Å²) in [6.45, 7) is 0. The Morgan fingerprint density at radius 2 is 1.82 bits per heavy atom. The van der Waals surface area contributed by atoms with Gasteiger partial charge in [0.25, 0.3) is 0 Å². The average molecular weight is 237 g/mol. The van der Waals surface area contributed by atoms with E-state index in [0.717, 1.165) is 0 Å². The largest absolute Gasteiger partial charge is 0.465 e. The molecule has 0 aliphatic carbocycles. The SMILES string of the molecule is COC(=O)c1ccccc1N(N)C(=O)C(N)=O. The third-order valence-electron chi connectivity index (χ3n) is 2.00. The van der Waals surface area contributed by atoms with Gasteiger partial charge in [-0.15, -0.1) is 0 Å². The van der Waals surface area contributed by atoms with Crippen LogP contribution in [0.25, 0.3) is 0 Å². The first-order valence-corrected chi connectivity index (χ1v) is 4.55. The first kappa shape index (κ1) is 12.7. The molecule has 4 N–H and O–H groups in total. The van der Waals surface area contributed by atoms with Crippen molar-refractivity contribution in [3.63, 3.8) is 0 Å². The number of anilines is 1. The van der Waals surface area contributed by atoms with Crippen molar-refractivity contribution in [2.75, 3.05) is 12.1 Å². The molecule has 17 heavy (non-hydrogen) atoms. The Morgan fingerprint density at radius 1 is 1.24 bits per heavy atom. The van der Waals surface area contributed by atoms with Crippen LogP contribution in [0.3, 0.4) is 0 Å². The first-order chi connectivity index (χ1) is 7.99. The van der Waals surface area contributed by atoms with Gasteiger partial charge in [-0.3, -0.25) is 9.59 Å². The standard InChI is InChI=1S/C10H11N3O4/c1-17-10(16)6-4-2-3-5-7(6)13(12)9(15)8(11)14/h2-5H,12H2,1H3,(H2,11,14). The molecular weight excluding hydrogens is 226 g/mol. The summed E-state index contributed by atoms with van der Waals surface area (Å²) in [6.07, 6.45) is 0. The molecule has 1 aromatic carbocycles. The zero-order valence-corrected chi connectivity index (χ0v) is 9.04. The number of benzene rings is 1. The number of hydrogen-bond acceptors (Lipinski definition) is 5. The van der Waals surface area contributed by atoms with Crippen molar-refractivity contribution in [3.8, 4) is 0 Å². The Kier molecular flexibility index (Phi) is 3.78. The molecule has 0 saturated heterocycles. The van der Waals surface area contributed by atoms with Crippen LogP contribution in [0.4, 0.5) is 5.69 Å². The van der Waals surface area contributed by atoms with Gasteiger partial charge in [0.05, 0.1) is 18.4 Å². The second kappa shape index (κ2) is 5.08. The Labute approximate surface area is 96.9 Å². The zero-order chi connectivity index (χ0) is 13.0. The molecule has 0 bridgehead atoms. The molecule has 1 rings (SSSR count). The van der Waals surface area contributed by atoms with Crippen molar-refractivity contribution < 1.29 is 19.1 Å². The van der Waals surface area contributed by atoms with E-state index in [-0.39, 0.29) is 11.3 Å². The number of methoxy groups -OCH3 is 1. The molecular formula is C10H11N3O4. The lowest BCUT2D eigenvalue weighted by molar-refractivity contribution is -0.135. The van der Waals surface area contributed by atoms with Gasteiger partial charge in [0, 0.05) is 0 Å². The van der Waals surface area contributed by atoms with Gasteiger partial charge < -0.3 is 10.5 Å². The number of esters is 1.